The third-order valence-corrected chi connectivity index (χ3v) is 5.40. The Labute approximate surface area is 159 Å². The van der Waals surface area contributed by atoms with E-state index in [-0.39, 0.29) is 17.9 Å². The van der Waals surface area contributed by atoms with E-state index in [4.69, 9.17) is 0 Å². The van der Waals surface area contributed by atoms with Crippen LogP contribution in [0.25, 0.3) is 0 Å². The Morgan fingerprint density at radius 1 is 1.15 bits per heavy atom. The van der Waals surface area contributed by atoms with Gasteiger partial charge < -0.3 is 15.5 Å². The van der Waals surface area contributed by atoms with Gasteiger partial charge >= 0.3 is 0 Å². The van der Waals surface area contributed by atoms with Gasteiger partial charge in [-0.3, -0.25) is 9.59 Å². The molecule has 2 aromatic rings. The molecule has 2 heterocycles. The highest BCUT2D eigenvalue weighted by Gasteiger charge is 2.34. The summed E-state index contributed by atoms with van der Waals surface area (Å²) in [5.74, 6) is -0.0523. The number of piperidine rings is 1. The van der Waals surface area contributed by atoms with Crippen LogP contribution >= 0.6 is 0 Å². The number of carbonyl (C=O) groups is 2. The van der Waals surface area contributed by atoms with Crippen molar-refractivity contribution >= 4 is 23.2 Å². The van der Waals surface area contributed by atoms with Crippen molar-refractivity contribution in [2.24, 2.45) is 0 Å². The molecule has 2 aliphatic rings. The molecule has 0 radical (unpaired) electrons. The molecule has 5 heteroatoms. The second-order valence-electron chi connectivity index (χ2n) is 7.27. The Morgan fingerprint density at radius 3 is 2.85 bits per heavy atom. The van der Waals surface area contributed by atoms with Crippen molar-refractivity contribution in [2.45, 2.75) is 38.1 Å². The molecule has 0 saturated carbocycles. The summed E-state index contributed by atoms with van der Waals surface area (Å²) in [6.45, 7) is 1.53. The maximum atomic E-state index is 12.5. The SMILES string of the molecule is O=C(NCCCc1ccccc1)c1ccc2c(c1)NC(=O)[C@H]1CCCCN21. The van der Waals surface area contributed by atoms with Crippen molar-refractivity contribution in [2.75, 3.05) is 23.3 Å². The number of nitrogens with one attached hydrogen (secondary N) is 2. The number of rotatable bonds is 5. The summed E-state index contributed by atoms with van der Waals surface area (Å²) in [7, 11) is 0. The van der Waals surface area contributed by atoms with Gasteiger partial charge in [0, 0.05) is 18.7 Å². The van der Waals surface area contributed by atoms with E-state index >= 15 is 0 Å². The van der Waals surface area contributed by atoms with Gasteiger partial charge in [-0.1, -0.05) is 30.3 Å². The number of benzene rings is 2. The number of carbonyl (C=O) groups excluding carboxylic acids is 2. The lowest BCUT2D eigenvalue weighted by Crippen LogP contribution is -2.50. The Morgan fingerprint density at radius 2 is 2.00 bits per heavy atom. The molecule has 0 unspecified atom stereocenters. The summed E-state index contributed by atoms with van der Waals surface area (Å²) < 4.78 is 0. The monoisotopic (exact) mass is 363 g/mol. The minimum Gasteiger partial charge on any atom is -0.358 e. The zero-order chi connectivity index (χ0) is 18.6. The molecular formula is C22H25N3O2. The van der Waals surface area contributed by atoms with E-state index < -0.39 is 0 Å². The van der Waals surface area contributed by atoms with Gasteiger partial charge in [0.25, 0.3) is 5.91 Å². The number of aryl methyl sites for hydroxylation is 1. The van der Waals surface area contributed by atoms with E-state index in [0.29, 0.717) is 12.1 Å². The van der Waals surface area contributed by atoms with Crippen molar-refractivity contribution in [3.8, 4) is 0 Å². The van der Waals surface area contributed by atoms with E-state index in [2.05, 4.69) is 27.7 Å². The fourth-order valence-corrected chi connectivity index (χ4v) is 3.98. The van der Waals surface area contributed by atoms with Crippen molar-refractivity contribution in [1.82, 2.24) is 5.32 Å². The van der Waals surface area contributed by atoms with Crippen molar-refractivity contribution in [3.05, 3.63) is 59.7 Å². The maximum Gasteiger partial charge on any atom is 0.251 e. The van der Waals surface area contributed by atoms with Crippen LogP contribution in [0.1, 0.15) is 41.6 Å². The molecule has 27 heavy (non-hydrogen) atoms. The predicted octanol–water partition coefficient (Wildman–Crippen LogP) is 3.36. The van der Waals surface area contributed by atoms with Crippen LogP contribution in [-0.4, -0.2) is 30.9 Å². The van der Waals surface area contributed by atoms with Crippen LogP contribution in [0.15, 0.2) is 48.5 Å². The summed E-state index contributed by atoms with van der Waals surface area (Å²) in [6.07, 6.45) is 4.93. The molecule has 1 saturated heterocycles. The van der Waals surface area contributed by atoms with Crippen molar-refractivity contribution in [3.63, 3.8) is 0 Å². The first-order chi connectivity index (χ1) is 13.2. The van der Waals surface area contributed by atoms with Gasteiger partial charge in [0.2, 0.25) is 5.91 Å². The van der Waals surface area contributed by atoms with Crippen LogP contribution in [-0.2, 0) is 11.2 Å². The minimum atomic E-state index is -0.0964. The lowest BCUT2D eigenvalue weighted by molar-refractivity contribution is -0.118. The zero-order valence-corrected chi connectivity index (χ0v) is 15.4. The fourth-order valence-electron chi connectivity index (χ4n) is 3.98. The number of nitrogens with zero attached hydrogens (tertiary/aromatic N) is 1. The fraction of sp³-hybridized carbons (Fsp3) is 0.364. The van der Waals surface area contributed by atoms with E-state index in [1.165, 1.54) is 5.56 Å². The summed E-state index contributed by atoms with van der Waals surface area (Å²) in [5, 5.41) is 5.96. The lowest BCUT2D eigenvalue weighted by Gasteiger charge is -2.41. The van der Waals surface area contributed by atoms with Crippen LogP contribution in [0.2, 0.25) is 0 Å². The average molecular weight is 363 g/mol. The molecule has 0 spiro atoms. The molecule has 2 aliphatic heterocycles. The molecule has 2 amide bonds. The smallest absolute Gasteiger partial charge is 0.251 e. The van der Waals surface area contributed by atoms with Crippen LogP contribution in [0.5, 0.6) is 0 Å². The standard InChI is InChI=1S/C22H25N3O2/c26-21(23-13-6-9-16-7-2-1-3-8-16)17-11-12-19-18(15-17)24-22(27)20-10-4-5-14-25(19)20/h1-3,7-8,11-12,15,20H,4-6,9-10,13-14H2,(H,23,26)(H,24,27)/t20-/m1/s1. The molecule has 0 aliphatic carbocycles. The summed E-state index contributed by atoms with van der Waals surface area (Å²) in [5.41, 5.74) is 3.64. The van der Waals surface area contributed by atoms with E-state index in [1.807, 2.05) is 30.3 Å². The Kier molecular flexibility index (Phi) is 5.10. The molecular weight excluding hydrogens is 338 g/mol. The van der Waals surface area contributed by atoms with Gasteiger partial charge in [-0.05, 0) is 55.9 Å². The highest BCUT2D eigenvalue weighted by Crippen LogP contribution is 2.36. The summed E-state index contributed by atoms with van der Waals surface area (Å²) in [4.78, 5) is 27.0. The number of anilines is 2. The van der Waals surface area contributed by atoms with E-state index in [0.717, 1.165) is 50.0 Å². The third-order valence-electron chi connectivity index (χ3n) is 5.40. The Bertz CT molecular complexity index is 835. The third kappa shape index (κ3) is 3.82. The van der Waals surface area contributed by atoms with Crippen LogP contribution in [0.4, 0.5) is 11.4 Å². The normalized spacial score (nSPS) is 18.3. The summed E-state index contributed by atoms with van der Waals surface area (Å²) in [6, 6.07) is 15.8. The molecule has 1 atom stereocenters. The van der Waals surface area contributed by atoms with Crippen LogP contribution < -0.4 is 15.5 Å². The Hall–Kier alpha value is -2.82. The number of fused-ring (bicyclic) bond motifs is 3. The van der Waals surface area contributed by atoms with E-state index in [1.54, 1.807) is 6.07 Å². The second kappa shape index (κ2) is 7.82. The van der Waals surface area contributed by atoms with Crippen molar-refractivity contribution in [1.29, 1.82) is 0 Å². The first kappa shape index (κ1) is 17.6. The zero-order valence-electron chi connectivity index (χ0n) is 15.4. The van der Waals surface area contributed by atoms with Crippen molar-refractivity contribution < 1.29 is 9.59 Å². The maximum absolute atomic E-state index is 12.5. The lowest BCUT2D eigenvalue weighted by atomic mass is 9.97. The largest absolute Gasteiger partial charge is 0.358 e. The first-order valence-electron chi connectivity index (χ1n) is 9.76. The molecule has 4 rings (SSSR count). The number of hydrogen-bond acceptors (Lipinski definition) is 3. The molecule has 0 aromatic heterocycles. The second-order valence-corrected chi connectivity index (χ2v) is 7.27. The molecule has 5 nitrogen and oxygen atoms in total. The van der Waals surface area contributed by atoms with E-state index in [9.17, 15) is 9.59 Å². The highest BCUT2D eigenvalue weighted by atomic mass is 16.2. The molecule has 2 aromatic carbocycles. The summed E-state index contributed by atoms with van der Waals surface area (Å²) >= 11 is 0. The molecule has 2 N–H and O–H groups in total. The van der Waals surface area contributed by atoms with Crippen LogP contribution in [0.3, 0.4) is 0 Å². The quantitative estimate of drug-likeness (QED) is 0.801. The molecule has 1 fully saturated rings. The van der Waals surface area contributed by atoms with Crippen LogP contribution in [0, 0.1) is 0 Å². The topological polar surface area (TPSA) is 61.4 Å². The van der Waals surface area contributed by atoms with Gasteiger partial charge in [-0.15, -0.1) is 0 Å². The predicted molar refractivity (Wildman–Crippen MR) is 107 cm³/mol. The minimum absolute atomic E-state index is 0.0441. The molecule has 0 bridgehead atoms. The molecule has 140 valence electrons. The van der Waals surface area contributed by atoms with Gasteiger partial charge in [-0.2, -0.15) is 0 Å². The van der Waals surface area contributed by atoms with Gasteiger partial charge in [0.15, 0.2) is 0 Å². The Balaban J connectivity index is 1.37. The number of amides is 2. The van der Waals surface area contributed by atoms with Gasteiger partial charge in [0.1, 0.15) is 6.04 Å². The van der Waals surface area contributed by atoms with Gasteiger partial charge in [-0.25, -0.2) is 0 Å². The van der Waals surface area contributed by atoms with Gasteiger partial charge in [0.05, 0.1) is 11.4 Å². The first-order valence-corrected chi connectivity index (χ1v) is 9.76. The highest BCUT2D eigenvalue weighted by molar-refractivity contribution is 6.05. The average Bonchev–Trinajstić information content (AvgIpc) is 2.71. The number of hydrogen-bond donors (Lipinski definition) is 2.